The van der Waals surface area contributed by atoms with Gasteiger partial charge in [-0.3, -0.25) is 0 Å². The molecule has 2 aromatic heterocycles. The molecule has 1 aliphatic rings. The van der Waals surface area contributed by atoms with E-state index in [9.17, 15) is 0 Å². The van der Waals surface area contributed by atoms with Gasteiger partial charge < -0.3 is 0 Å². The first-order valence-electron chi connectivity index (χ1n) is 7.10. The molecule has 0 saturated heterocycles. The molecule has 0 spiro atoms. The second kappa shape index (κ2) is 4.98. The van der Waals surface area contributed by atoms with Crippen molar-refractivity contribution in [3.8, 4) is 9.75 Å². The topological polar surface area (TPSA) is 0 Å². The van der Waals surface area contributed by atoms with Crippen LogP contribution in [0.25, 0.3) is 9.75 Å². The zero-order valence-electron chi connectivity index (χ0n) is 13.2. The van der Waals surface area contributed by atoms with E-state index in [1.807, 2.05) is 22.7 Å². The summed E-state index contributed by atoms with van der Waals surface area (Å²) in [4.78, 5) is 2.81. The molecular formula is C14H20Cl2GeS2Si2. The molecule has 2 aromatic rings. The van der Waals surface area contributed by atoms with Gasteiger partial charge in [-0.1, -0.05) is 0 Å². The Balaban J connectivity index is 2.21. The Hall–Kier alpha value is 0.957. The van der Waals surface area contributed by atoms with Crippen LogP contribution in [0.15, 0.2) is 12.1 Å². The van der Waals surface area contributed by atoms with Gasteiger partial charge in [0.1, 0.15) is 0 Å². The van der Waals surface area contributed by atoms with Crippen molar-refractivity contribution in [1.82, 2.24) is 0 Å². The van der Waals surface area contributed by atoms with Crippen molar-refractivity contribution in [3.05, 3.63) is 12.1 Å². The monoisotopic (exact) mass is 452 g/mol. The molecule has 0 aliphatic carbocycles. The van der Waals surface area contributed by atoms with E-state index in [4.69, 9.17) is 20.0 Å². The van der Waals surface area contributed by atoms with Crippen LogP contribution >= 0.6 is 42.7 Å². The van der Waals surface area contributed by atoms with E-state index in [-0.39, 0.29) is 0 Å². The Morgan fingerprint density at radius 3 is 1.38 bits per heavy atom. The molecule has 3 heterocycles. The number of rotatable bonds is 2. The van der Waals surface area contributed by atoms with Crippen molar-refractivity contribution in [2.24, 2.45) is 0 Å². The Morgan fingerprint density at radius 1 is 0.762 bits per heavy atom. The van der Waals surface area contributed by atoms with E-state index in [0.717, 1.165) is 0 Å². The van der Waals surface area contributed by atoms with Crippen molar-refractivity contribution in [3.63, 3.8) is 0 Å². The van der Waals surface area contributed by atoms with E-state index >= 15 is 0 Å². The summed E-state index contributed by atoms with van der Waals surface area (Å²) in [6.45, 7) is 14.4. The summed E-state index contributed by atoms with van der Waals surface area (Å²) >= 11 is 0.867. The molecule has 3 rings (SSSR count). The van der Waals surface area contributed by atoms with E-state index in [1.165, 1.54) is 27.5 Å². The molecule has 0 bridgehead atoms. The fourth-order valence-electron chi connectivity index (χ4n) is 2.47. The Bertz CT molecular complexity index is 660. The third kappa shape index (κ3) is 2.69. The van der Waals surface area contributed by atoms with E-state index in [1.54, 1.807) is 0 Å². The van der Waals surface area contributed by atoms with E-state index in [2.05, 4.69) is 51.4 Å². The SMILES string of the molecule is C[Si](C)(C)c1c[c]2c(s1)-c1sc([Si](C)(C)C)c[c]1[Ge]2([Cl])[Cl]. The van der Waals surface area contributed by atoms with Gasteiger partial charge in [0.15, 0.2) is 0 Å². The predicted octanol–water partition coefficient (Wildman–Crippen LogP) is 3.91. The Kier molecular flexibility index (Phi) is 3.98. The molecule has 0 N–H and O–H groups in total. The van der Waals surface area contributed by atoms with Gasteiger partial charge in [0.25, 0.3) is 0 Å². The van der Waals surface area contributed by atoms with E-state index in [0.29, 0.717) is 0 Å². The van der Waals surface area contributed by atoms with Gasteiger partial charge in [0.2, 0.25) is 0 Å². The molecule has 0 unspecified atom stereocenters. The molecular weight excluding hydrogens is 432 g/mol. The molecule has 7 heteroatoms. The third-order valence-corrected chi connectivity index (χ3v) is 22.9. The number of hydrogen-bond donors (Lipinski definition) is 0. The summed E-state index contributed by atoms with van der Waals surface area (Å²) in [6.07, 6.45) is 0. The first-order chi connectivity index (χ1) is 9.42. The molecule has 0 radical (unpaired) electrons. The minimum absolute atomic E-state index is 1.30. The number of thiophene rings is 2. The number of hydrogen-bond acceptors (Lipinski definition) is 2. The molecule has 21 heavy (non-hydrogen) atoms. The van der Waals surface area contributed by atoms with Gasteiger partial charge in [0, 0.05) is 0 Å². The van der Waals surface area contributed by atoms with Crippen LogP contribution < -0.4 is 17.8 Å². The molecule has 0 atom stereocenters. The first-order valence-corrected chi connectivity index (χ1v) is 23.3. The Labute approximate surface area is 148 Å². The molecule has 114 valence electrons. The average molecular weight is 452 g/mol. The fraction of sp³-hybridized carbons (Fsp3) is 0.429. The molecule has 1 aliphatic heterocycles. The van der Waals surface area contributed by atoms with Crippen molar-refractivity contribution < 1.29 is 0 Å². The molecule has 0 fully saturated rings. The van der Waals surface area contributed by atoms with Gasteiger partial charge in [-0.25, -0.2) is 0 Å². The van der Waals surface area contributed by atoms with Crippen LogP contribution in [0.4, 0.5) is 0 Å². The molecule has 0 saturated carbocycles. The quantitative estimate of drug-likeness (QED) is 0.607. The normalized spacial score (nSPS) is 17.0. The second-order valence-corrected chi connectivity index (χ2v) is 32.3. The van der Waals surface area contributed by atoms with Crippen molar-refractivity contribution in [1.29, 1.82) is 0 Å². The standard InChI is InChI=1S/C14H20Cl2GeS2Si2/c1-20(2,3)11-7-9-13(18-11)14-10(17(9,15)16)8-12(19-14)21(4,5)6/h7-8H,1-6H3. The third-order valence-electron chi connectivity index (χ3n) is 3.83. The van der Waals surface area contributed by atoms with Gasteiger partial charge in [-0.2, -0.15) is 0 Å². The van der Waals surface area contributed by atoms with Crippen molar-refractivity contribution >= 4 is 88.0 Å². The van der Waals surface area contributed by atoms with Crippen LogP contribution in [0.5, 0.6) is 0 Å². The summed E-state index contributed by atoms with van der Waals surface area (Å²) < 4.78 is 5.70. The van der Waals surface area contributed by atoms with Crippen LogP contribution in [0.1, 0.15) is 0 Å². The van der Waals surface area contributed by atoms with Gasteiger partial charge >= 0.3 is 149 Å². The summed E-state index contributed by atoms with van der Waals surface area (Å²) in [5.74, 6) is 0. The van der Waals surface area contributed by atoms with Crippen LogP contribution in [-0.4, -0.2) is 27.6 Å². The first kappa shape index (κ1) is 16.8. The minimum atomic E-state index is -3.06. The Morgan fingerprint density at radius 2 is 1.10 bits per heavy atom. The summed E-state index contributed by atoms with van der Waals surface area (Å²) in [5.41, 5.74) is 0. The molecule has 0 aromatic carbocycles. The maximum atomic E-state index is 6.95. The van der Waals surface area contributed by atoms with Crippen LogP contribution in [0.3, 0.4) is 0 Å². The number of halogens is 2. The summed E-state index contributed by atoms with van der Waals surface area (Å²) in [6, 6.07) is 4.71. The van der Waals surface area contributed by atoms with Crippen LogP contribution in [0.2, 0.25) is 39.3 Å². The molecule has 0 amide bonds. The van der Waals surface area contributed by atoms with Crippen LogP contribution in [0, 0.1) is 0 Å². The van der Waals surface area contributed by atoms with Crippen LogP contribution in [-0.2, 0) is 0 Å². The zero-order chi connectivity index (χ0) is 15.8. The van der Waals surface area contributed by atoms with Crippen molar-refractivity contribution in [2.75, 3.05) is 0 Å². The van der Waals surface area contributed by atoms with Gasteiger partial charge in [0.05, 0.1) is 0 Å². The second-order valence-electron chi connectivity index (χ2n) is 7.78. The van der Waals surface area contributed by atoms with Crippen molar-refractivity contribution in [2.45, 2.75) is 39.3 Å². The predicted molar refractivity (Wildman–Crippen MR) is 110 cm³/mol. The fourth-order valence-corrected chi connectivity index (χ4v) is 20.1. The maximum absolute atomic E-state index is 6.95. The molecule has 0 nitrogen and oxygen atoms in total. The van der Waals surface area contributed by atoms with E-state index < -0.39 is 27.6 Å². The summed E-state index contributed by atoms with van der Waals surface area (Å²) in [7, 11) is 11.3. The van der Waals surface area contributed by atoms with Gasteiger partial charge in [-0.05, 0) is 0 Å². The average Bonchev–Trinajstić information content (AvgIpc) is 2.94. The van der Waals surface area contributed by atoms with Gasteiger partial charge in [-0.15, -0.1) is 0 Å². The number of fused-ring (bicyclic) bond motifs is 3. The zero-order valence-corrected chi connectivity index (χ0v) is 20.5. The summed E-state index contributed by atoms with van der Waals surface area (Å²) in [5, 5.41) is 0.